The number of hydrogen-bond acceptors (Lipinski definition) is 1. The second-order valence-corrected chi connectivity index (χ2v) is 2.95. The van der Waals surface area contributed by atoms with E-state index in [1.54, 1.807) is 0 Å². The van der Waals surface area contributed by atoms with Gasteiger partial charge in [-0.2, -0.15) is 0 Å². The summed E-state index contributed by atoms with van der Waals surface area (Å²) in [6.07, 6.45) is 0.369. The van der Waals surface area contributed by atoms with Gasteiger partial charge >= 0.3 is 0 Å². The predicted molar refractivity (Wildman–Crippen MR) is 27.2 cm³/mol. The topological polar surface area (TPSA) is 20.2 Å². The third-order valence-electron chi connectivity index (χ3n) is 2.45. The number of fused-ring (bicyclic) bond motifs is 1. The van der Waals surface area contributed by atoms with Crippen LogP contribution >= 0.6 is 0 Å². The highest BCUT2D eigenvalue weighted by Crippen LogP contribution is 2.63. The van der Waals surface area contributed by atoms with Gasteiger partial charge < -0.3 is 5.11 Å². The third kappa shape index (κ3) is 0.509. The monoisotopic (exact) mass is 134 g/mol. The fraction of sp³-hybridized carbons (Fsp3) is 1.00. The van der Waals surface area contributed by atoms with Crippen molar-refractivity contribution in [3.63, 3.8) is 0 Å². The Balaban J connectivity index is 2.14. The lowest BCUT2D eigenvalue weighted by molar-refractivity contribution is 0.0290. The third-order valence-corrected chi connectivity index (χ3v) is 2.45. The fourth-order valence-electron chi connectivity index (χ4n) is 1.84. The van der Waals surface area contributed by atoms with Crippen LogP contribution in [0.4, 0.5) is 8.78 Å². The van der Waals surface area contributed by atoms with E-state index in [2.05, 4.69) is 0 Å². The molecule has 0 spiro atoms. The molecule has 52 valence electrons. The van der Waals surface area contributed by atoms with Gasteiger partial charge in [0.15, 0.2) is 0 Å². The van der Waals surface area contributed by atoms with E-state index in [0.717, 1.165) is 0 Å². The predicted octanol–water partition coefficient (Wildman–Crippen LogP) is 1.02. The summed E-state index contributed by atoms with van der Waals surface area (Å²) in [5.74, 6) is -3.68. The molecule has 0 unspecified atom stereocenters. The molecule has 1 nitrogen and oxygen atoms in total. The normalized spacial score (nSPS) is 53.0. The van der Waals surface area contributed by atoms with Gasteiger partial charge in [-0.15, -0.1) is 0 Å². The Morgan fingerprint density at radius 1 is 1.33 bits per heavy atom. The highest BCUT2D eigenvalue weighted by molar-refractivity contribution is 5.12. The molecule has 2 saturated carbocycles. The summed E-state index contributed by atoms with van der Waals surface area (Å²) in [5.41, 5.74) is 0. The molecule has 1 N–H and O–H groups in total. The maximum atomic E-state index is 12.3. The lowest BCUT2D eigenvalue weighted by Crippen LogP contribution is -2.13. The van der Waals surface area contributed by atoms with Crippen molar-refractivity contribution < 1.29 is 13.9 Å². The van der Waals surface area contributed by atoms with Crippen LogP contribution in [0, 0.1) is 11.8 Å². The van der Waals surface area contributed by atoms with Crippen molar-refractivity contribution in [1.29, 1.82) is 0 Å². The van der Waals surface area contributed by atoms with Crippen molar-refractivity contribution in [3.05, 3.63) is 0 Å². The van der Waals surface area contributed by atoms with Crippen LogP contribution in [0.1, 0.15) is 12.8 Å². The standard InChI is InChI=1S/C6H8F2O/c7-6(8)3-1-2-4(9)5(3)6/h3-5,9H,1-2H2/t3-,4+,5-/m0/s1. The molecule has 0 aromatic rings. The molecule has 0 aliphatic heterocycles. The lowest BCUT2D eigenvalue weighted by Gasteiger charge is -2.04. The Morgan fingerprint density at radius 3 is 2.22 bits per heavy atom. The number of aliphatic hydroxyl groups excluding tert-OH is 1. The fourth-order valence-corrected chi connectivity index (χ4v) is 1.84. The van der Waals surface area contributed by atoms with Crippen LogP contribution in [-0.2, 0) is 0 Å². The SMILES string of the molecule is O[C@@H]1CC[C@H]2[C@@H]1C2(F)F. The first-order chi connectivity index (χ1) is 4.14. The van der Waals surface area contributed by atoms with E-state index in [4.69, 9.17) is 5.11 Å². The van der Waals surface area contributed by atoms with E-state index in [1.807, 2.05) is 0 Å². The zero-order valence-electron chi connectivity index (χ0n) is 4.85. The molecule has 2 aliphatic rings. The second kappa shape index (κ2) is 1.29. The largest absolute Gasteiger partial charge is 0.393 e. The van der Waals surface area contributed by atoms with Crippen LogP contribution in [0.15, 0.2) is 0 Å². The quantitative estimate of drug-likeness (QED) is 0.524. The maximum absolute atomic E-state index is 12.3. The number of alkyl halides is 2. The zero-order chi connectivity index (χ0) is 6.65. The van der Waals surface area contributed by atoms with Gasteiger partial charge in [0.25, 0.3) is 5.92 Å². The molecule has 0 aromatic heterocycles. The van der Waals surface area contributed by atoms with Gasteiger partial charge in [-0.1, -0.05) is 0 Å². The van der Waals surface area contributed by atoms with E-state index in [0.29, 0.717) is 12.8 Å². The lowest BCUT2D eigenvalue weighted by atomic mass is 10.2. The summed E-state index contributed by atoms with van der Waals surface area (Å²) in [4.78, 5) is 0. The smallest absolute Gasteiger partial charge is 0.257 e. The van der Waals surface area contributed by atoms with E-state index in [-0.39, 0.29) is 0 Å². The Hall–Kier alpha value is -0.180. The molecular formula is C6H8F2O. The molecule has 3 atom stereocenters. The van der Waals surface area contributed by atoms with Gasteiger partial charge in [0, 0.05) is 5.92 Å². The summed E-state index contributed by atoms with van der Waals surface area (Å²) >= 11 is 0. The van der Waals surface area contributed by atoms with Crippen molar-refractivity contribution in [3.8, 4) is 0 Å². The summed E-state index contributed by atoms with van der Waals surface area (Å²) in [7, 11) is 0. The average Bonchev–Trinajstić information content (AvgIpc) is 2.19. The highest BCUT2D eigenvalue weighted by atomic mass is 19.3. The molecule has 0 bridgehead atoms. The summed E-state index contributed by atoms with van der Waals surface area (Å²) in [6, 6.07) is 0. The second-order valence-electron chi connectivity index (χ2n) is 2.95. The van der Waals surface area contributed by atoms with E-state index in [1.165, 1.54) is 0 Å². The summed E-state index contributed by atoms with van der Waals surface area (Å²) < 4.78 is 24.7. The van der Waals surface area contributed by atoms with Crippen LogP contribution in [0.3, 0.4) is 0 Å². The average molecular weight is 134 g/mol. The Labute approximate surface area is 51.7 Å². The molecule has 0 radical (unpaired) electrons. The van der Waals surface area contributed by atoms with E-state index < -0.39 is 23.9 Å². The minimum absolute atomic E-state index is 0.479. The summed E-state index contributed by atoms with van der Waals surface area (Å²) in [6.45, 7) is 0. The minimum Gasteiger partial charge on any atom is -0.393 e. The first kappa shape index (κ1) is 5.59. The number of hydrogen-bond donors (Lipinski definition) is 1. The van der Waals surface area contributed by atoms with Crippen LogP contribution in [0.25, 0.3) is 0 Å². The van der Waals surface area contributed by atoms with E-state index in [9.17, 15) is 8.78 Å². The molecule has 2 aliphatic carbocycles. The first-order valence-electron chi connectivity index (χ1n) is 3.20. The highest BCUT2D eigenvalue weighted by Gasteiger charge is 2.73. The Bertz CT molecular complexity index is 146. The van der Waals surface area contributed by atoms with Crippen molar-refractivity contribution in [2.75, 3.05) is 0 Å². The minimum atomic E-state index is -2.52. The molecule has 2 rings (SSSR count). The molecule has 0 heterocycles. The Kier molecular flexibility index (Phi) is 0.799. The van der Waals surface area contributed by atoms with Crippen LogP contribution in [0.2, 0.25) is 0 Å². The zero-order valence-corrected chi connectivity index (χ0v) is 4.85. The van der Waals surface area contributed by atoms with Crippen LogP contribution in [-0.4, -0.2) is 17.1 Å². The van der Waals surface area contributed by atoms with Gasteiger partial charge in [-0.25, -0.2) is 8.78 Å². The maximum Gasteiger partial charge on any atom is 0.257 e. The molecule has 2 fully saturated rings. The number of rotatable bonds is 0. The van der Waals surface area contributed by atoms with E-state index >= 15 is 0 Å². The first-order valence-corrected chi connectivity index (χ1v) is 3.20. The number of halogens is 2. The molecular weight excluding hydrogens is 126 g/mol. The van der Waals surface area contributed by atoms with Crippen molar-refractivity contribution in [1.82, 2.24) is 0 Å². The van der Waals surface area contributed by atoms with Gasteiger partial charge in [-0.05, 0) is 12.8 Å². The molecule has 0 amide bonds. The summed E-state index contributed by atoms with van der Waals surface area (Å²) in [5, 5.41) is 8.89. The van der Waals surface area contributed by atoms with Gasteiger partial charge in [0.1, 0.15) is 0 Å². The number of aliphatic hydroxyl groups is 1. The molecule has 0 saturated heterocycles. The van der Waals surface area contributed by atoms with Gasteiger partial charge in [-0.3, -0.25) is 0 Å². The Morgan fingerprint density at radius 2 is 2.00 bits per heavy atom. The van der Waals surface area contributed by atoms with Crippen molar-refractivity contribution in [2.45, 2.75) is 24.9 Å². The van der Waals surface area contributed by atoms with Crippen LogP contribution < -0.4 is 0 Å². The molecule has 3 heteroatoms. The van der Waals surface area contributed by atoms with Gasteiger partial charge in [0.2, 0.25) is 0 Å². The molecule has 9 heavy (non-hydrogen) atoms. The van der Waals surface area contributed by atoms with Crippen LogP contribution in [0.5, 0.6) is 0 Å². The van der Waals surface area contributed by atoms with Crippen molar-refractivity contribution >= 4 is 0 Å². The molecule has 0 aromatic carbocycles. The van der Waals surface area contributed by atoms with Crippen molar-refractivity contribution in [2.24, 2.45) is 11.8 Å². The van der Waals surface area contributed by atoms with Gasteiger partial charge in [0.05, 0.1) is 12.0 Å².